The quantitative estimate of drug-likeness (QED) is 0.650. The summed E-state index contributed by atoms with van der Waals surface area (Å²) in [6.07, 6.45) is 0.654. The fraction of sp³-hybridized carbons (Fsp3) is 0.357. The highest BCUT2D eigenvalue weighted by molar-refractivity contribution is 9.10. The Morgan fingerprint density at radius 3 is 2.75 bits per heavy atom. The predicted molar refractivity (Wildman–Crippen MR) is 80.5 cm³/mol. The molecule has 0 fully saturated rings. The van der Waals surface area contributed by atoms with E-state index in [1.165, 1.54) is 12.1 Å². The summed E-state index contributed by atoms with van der Waals surface area (Å²) in [5.41, 5.74) is 5.61. The van der Waals surface area contributed by atoms with E-state index in [1.807, 2.05) is 30.7 Å². The third-order valence-corrected chi connectivity index (χ3v) is 3.64. The summed E-state index contributed by atoms with van der Waals surface area (Å²) in [6, 6.07) is 6.66. The Bertz CT molecular complexity index is 577. The van der Waals surface area contributed by atoms with E-state index in [-0.39, 0.29) is 11.9 Å². The second-order valence-electron chi connectivity index (χ2n) is 4.72. The average molecular weight is 341 g/mol. The van der Waals surface area contributed by atoms with Crippen LogP contribution in [0.3, 0.4) is 0 Å². The summed E-state index contributed by atoms with van der Waals surface area (Å²) >= 11 is 3.30. The van der Waals surface area contributed by atoms with Crippen molar-refractivity contribution >= 4 is 15.9 Å². The van der Waals surface area contributed by atoms with Gasteiger partial charge in [-0.05, 0) is 43.7 Å². The van der Waals surface area contributed by atoms with Crippen LogP contribution in [-0.2, 0) is 13.0 Å². The van der Waals surface area contributed by atoms with E-state index < -0.39 is 0 Å². The van der Waals surface area contributed by atoms with Crippen molar-refractivity contribution in [1.29, 1.82) is 0 Å². The average Bonchev–Trinajstić information content (AvgIpc) is 2.74. The van der Waals surface area contributed by atoms with Gasteiger partial charge in [0.2, 0.25) is 0 Å². The van der Waals surface area contributed by atoms with Gasteiger partial charge < -0.3 is 0 Å². The Balaban J connectivity index is 2.28. The van der Waals surface area contributed by atoms with Gasteiger partial charge in [-0.2, -0.15) is 5.10 Å². The SMILES string of the molecule is CCn1nc(C)cc1CC(NN)c1cc(F)cc(Br)c1. The summed E-state index contributed by atoms with van der Waals surface area (Å²) in [5.74, 6) is 5.35. The third-order valence-electron chi connectivity index (χ3n) is 3.19. The van der Waals surface area contributed by atoms with Crippen molar-refractivity contribution < 1.29 is 4.39 Å². The molecule has 4 nitrogen and oxygen atoms in total. The van der Waals surface area contributed by atoms with Gasteiger partial charge in [0.15, 0.2) is 0 Å². The second kappa shape index (κ2) is 6.47. The second-order valence-corrected chi connectivity index (χ2v) is 5.63. The lowest BCUT2D eigenvalue weighted by Crippen LogP contribution is -2.30. The Labute approximate surface area is 126 Å². The molecule has 1 heterocycles. The molecular formula is C14H18BrFN4. The molecule has 20 heavy (non-hydrogen) atoms. The van der Waals surface area contributed by atoms with Gasteiger partial charge >= 0.3 is 0 Å². The van der Waals surface area contributed by atoms with Crippen molar-refractivity contribution in [2.45, 2.75) is 32.9 Å². The summed E-state index contributed by atoms with van der Waals surface area (Å²) in [4.78, 5) is 0. The maximum Gasteiger partial charge on any atom is 0.124 e. The van der Waals surface area contributed by atoms with Crippen molar-refractivity contribution in [1.82, 2.24) is 15.2 Å². The number of nitrogens with one attached hydrogen (secondary N) is 1. The Morgan fingerprint density at radius 1 is 1.40 bits per heavy atom. The minimum Gasteiger partial charge on any atom is -0.271 e. The zero-order chi connectivity index (χ0) is 14.7. The molecule has 0 radical (unpaired) electrons. The van der Waals surface area contributed by atoms with Gasteiger partial charge in [0.25, 0.3) is 0 Å². The van der Waals surface area contributed by atoms with Crippen LogP contribution in [0.2, 0.25) is 0 Å². The number of nitrogens with two attached hydrogens (primary N) is 1. The molecule has 0 saturated carbocycles. The number of hydrogen-bond acceptors (Lipinski definition) is 3. The number of benzene rings is 1. The molecule has 0 spiro atoms. The minimum absolute atomic E-state index is 0.164. The summed E-state index contributed by atoms with van der Waals surface area (Å²) in [7, 11) is 0. The molecule has 1 atom stereocenters. The van der Waals surface area contributed by atoms with E-state index in [2.05, 4.69) is 26.5 Å². The lowest BCUT2D eigenvalue weighted by Gasteiger charge is -2.17. The molecule has 0 aliphatic heterocycles. The largest absolute Gasteiger partial charge is 0.271 e. The highest BCUT2D eigenvalue weighted by Gasteiger charge is 2.15. The molecule has 2 rings (SSSR count). The first-order chi connectivity index (χ1) is 9.53. The van der Waals surface area contributed by atoms with Gasteiger partial charge in [-0.15, -0.1) is 0 Å². The molecule has 1 unspecified atom stereocenters. The van der Waals surface area contributed by atoms with E-state index in [0.29, 0.717) is 10.9 Å². The first-order valence-corrected chi connectivity index (χ1v) is 7.28. The number of hydrogen-bond donors (Lipinski definition) is 2. The molecule has 0 amide bonds. The van der Waals surface area contributed by atoms with Crippen molar-refractivity contribution in [3.63, 3.8) is 0 Å². The first kappa shape index (κ1) is 15.2. The summed E-state index contributed by atoms with van der Waals surface area (Å²) in [5, 5.41) is 4.41. The minimum atomic E-state index is -0.283. The molecule has 0 bridgehead atoms. The zero-order valence-corrected chi connectivity index (χ0v) is 13.1. The smallest absolute Gasteiger partial charge is 0.124 e. The molecule has 0 aliphatic rings. The van der Waals surface area contributed by atoms with Crippen LogP contribution in [0.15, 0.2) is 28.7 Å². The van der Waals surface area contributed by atoms with Crippen LogP contribution in [0.25, 0.3) is 0 Å². The number of aromatic nitrogens is 2. The van der Waals surface area contributed by atoms with Crippen LogP contribution < -0.4 is 11.3 Å². The molecule has 1 aromatic carbocycles. The maximum absolute atomic E-state index is 13.5. The number of rotatable bonds is 5. The van der Waals surface area contributed by atoms with E-state index in [4.69, 9.17) is 5.84 Å². The topological polar surface area (TPSA) is 55.9 Å². The fourth-order valence-corrected chi connectivity index (χ4v) is 2.78. The van der Waals surface area contributed by atoms with Crippen LogP contribution in [0, 0.1) is 12.7 Å². The van der Waals surface area contributed by atoms with E-state index in [1.54, 1.807) is 0 Å². The van der Waals surface area contributed by atoms with Gasteiger partial charge in [0, 0.05) is 23.1 Å². The summed E-state index contributed by atoms with van der Waals surface area (Å²) in [6.45, 7) is 4.80. The summed E-state index contributed by atoms with van der Waals surface area (Å²) < 4.78 is 16.1. The lowest BCUT2D eigenvalue weighted by atomic mass is 10.0. The van der Waals surface area contributed by atoms with Crippen molar-refractivity contribution in [3.8, 4) is 0 Å². The molecule has 6 heteroatoms. The van der Waals surface area contributed by atoms with Crippen LogP contribution in [0.1, 0.15) is 29.9 Å². The molecular weight excluding hydrogens is 323 g/mol. The normalized spacial score (nSPS) is 12.7. The Hall–Kier alpha value is -1.24. The highest BCUT2D eigenvalue weighted by atomic mass is 79.9. The van der Waals surface area contributed by atoms with Crippen LogP contribution >= 0.6 is 15.9 Å². The number of halogens is 2. The van der Waals surface area contributed by atoms with Crippen molar-refractivity contribution in [3.05, 3.63) is 51.5 Å². The standard InChI is InChI=1S/C14H18BrFN4/c1-3-20-13(4-9(2)19-20)8-14(18-17)10-5-11(15)7-12(16)6-10/h4-7,14,18H,3,8,17H2,1-2H3. The van der Waals surface area contributed by atoms with Crippen LogP contribution in [0.5, 0.6) is 0 Å². The Morgan fingerprint density at radius 2 is 2.15 bits per heavy atom. The van der Waals surface area contributed by atoms with Gasteiger partial charge in [-0.3, -0.25) is 16.0 Å². The van der Waals surface area contributed by atoms with E-state index >= 15 is 0 Å². The van der Waals surface area contributed by atoms with Crippen LogP contribution in [0.4, 0.5) is 4.39 Å². The van der Waals surface area contributed by atoms with Gasteiger partial charge in [-0.25, -0.2) is 4.39 Å². The van der Waals surface area contributed by atoms with Crippen molar-refractivity contribution in [2.24, 2.45) is 5.84 Å². The molecule has 3 N–H and O–H groups in total. The maximum atomic E-state index is 13.5. The van der Waals surface area contributed by atoms with Gasteiger partial charge in [-0.1, -0.05) is 15.9 Å². The Kier molecular flexibility index (Phi) is 4.91. The highest BCUT2D eigenvalue weighted by Crippen LogP contribution is 2.23. The molecule has 0 saturated heterocycles. The van der Waals surface area contributed by atoms with Crippen LogP contribution in [-0.4, -0.2) is 9.78 Å². The molecule has 0 aliphatic carbocycles. The van der Waals surface area contributed by atoms with E-state index in [0.717, 1.165) is 23.5 Å². The molecule has 1 aromatic heterocycles. The third kappa shape index (κ3) is 3.45. The molecule has 108 valence electrons. The predicted octanol–water partition coefficient (Wildman–Crippen LogP) is 2.86. The first-order valence-electron chi connectivity index (χ1n) is 6.49. The molecule has 2 aromatic rings. The number of nitrogens with zero attached hydrogens (tertiary/aromatic N) is 2. The van der Waals surface area contributed by atoms with Crippen molar-refractivity contribution in [2.75, 3.05) is 0 Å². The number of hydrazine groups is 1. The van der Waals surface area contributed by atoms with E-state index in [9.17, 15) is 4.39 Å². The lowest BCUT2D eigenvalue weighted by molar-refractivity contribution is 0.513. The van der Waals surface area contributed by atoms with Gasteiger partial charge in [0.1, 0.15) is 5.82 Å². The fourth-order valence-electron chi connectivity index (χ4n) is 2.30. The zero-order valence-electron chi connectivity index (χ0n) is 11.5. The van der Waals surface area contributed by atoms with Gasteiger partial charge in [0.05, 0.1) is 11.7 Å². The monoisotopic (exact) mass is 340 g/mol. The number of aryl methyl sites for hydroxylation is 2.